The van der Waals surface area contributed by atoms with Crippen molar-refractivity contribution in [2.45, 2.75) is 63.1 Å². The average molecular weight is 475 g/mol. The number of fused-ring (bicyclic) bond motifs is 1. The number of carbonyl (C=O) groups excluding carboxylic acids is 1. The predicted octanol–water partition coefficient (Wildman–Crippen LogP) is 1.75. The zero-order chi connectivity index (χ0) is 17.4. The fourth-order valence-electron chi connectivity index (χ4n) is 4.43. The van der Waals surface area contributed by atoms with Gasteiger partial charge >= 0.3 is 0 Å². The van der Waals surface area contributed by atoms with Gasteiger partial charge in [-0.3, -0.25) is 9.69 Å². The third kappa shape index (κ3) is 4.82. The van der Waals surface area contributed by atoms with Crippen molar-refractivity contribution in [3.8, 4) is 0 Å². The van der Waals surface area contributed by atoms with Crippen LogP contribution in [-0.4, -0.2) is 85.0 Å². The van der Waals surface area contributed by atoms with Crippen LogP contribution in [0.1, 0.15) is 44.9 Å². The van der Waals surface area contributed by atoms with Crippen LogP contribution in [0, 0.1) is 5.92 Å². The number of piperidine rings is 2. The summed E-state index contributed by atoms with van der Waals surface area (Å²) in [6, 6.07) is 2.23. The molecule has 26 heavy (non-hydrogen) atoms. The minimum atomic E-state index is 0. The van der Waals surface area contributed by atoms with Crippen molar-refractivity contribution >= 4 is 35.8 Å². The van der Waals surface area contributed by atoms with Crippen molar-refractivity contribution in [2.75, 3.05) is 40.3 Å². The Morgan fingerprint density at radius 1 is 1.12 bits per heavy atom. The van der Waals surface area contributed by atoms with Gasteiger partial charge in [-0.2, -0.15) is 0 Å². The van der Waals surface area contributed by atoms with Crippen LogP contribution in [0.5, 0.6) is 0 Å². The third-order valence-electron chi connectivity index (χ3n) is 6.20. The van der Waals surface area contributed by atoms with Crippen LogP contribution in [0.15, 0.2) is 4.99 Å². The summed E-state index contributed by atoms with van der Waals surface area (Å²) < 4.78 is 0. The van der Waals surface area contributed by atoms with Crippen LogP contribution in [0.4, 0.5) is 0 Å². The van der Waals surface area contributed by atoms with Gasteiger partial charge in [-0.25, -0.2) is 4.99 Å². The maximum absolute atomic E-state index is 12.0. The Balaban J connectivity index is 0.00000196. The van der Waals surface area contributed by atoms with Gasteiger partial charge < -0.3 is 15.1 Å². The molecule has 0 aromatic heterocycles. The number of guanidine groups is 1. The quantitative estimate of drug-likeness (QED) is 0.383. The molecular formula is C19H34IN5O. The first-order chi connectivity index (χ1) is 12.1. The van der Waals surface area contributed by atoms with E-state index >= 15 is 0 Å². The Hall–Kier alpha value is -0.570. The maximum Gasteiger partial charge on any atom is 0.243 e. The molecule has 2 saturated heterocycles. The lowest BCUT2D eigenvalue weighted by molar-refractivity contribution is -0.127. The van der Waals surface area contributed by atoms with E-state index in [-0.39, 0.29) is 36.4 Å². The SMILES string of the molecule is CN(C)C(=O)CN=C(NC1CC1)N1CCC2C(CCCN2C2CC2)C1.I. The van der Waals surface area contributed by atoms with Crippen LogP contribution in [0.2, 0.25) is 0 Å². The molecule has 0 aromatic rings. The molecule has 1 amide bonds. The molecule has 7 heteroatoms. The van der Waals surface area contributed by atoms with E-state index in [1.54, 1.807) is 19.0 Å². The number of nitrogens with one attached hydrogen (secondary N) is 1. The van der Waals surface area contributed by atoms with Gasteiger partial charge in [-0.1, -0.05) is 0 Å². The molecule has 4 rings (SSSR count). The average Bonchev–Trinajstić information content (AvgIpc) is 3.51. The molecule has 6 nitrogen and oxygen atoms in total. The summed E-state index contributed by atoms with van der Waals surface area (Å²) in [5, 5.41) is 3.59. The number of aliphatic imine (C=N–C) groups is 1. The first-order valence-electron chi connectivity index (χ1n) is 10.1. The summed E-state index contributed by atoms with van der Waals surface area (Å²) in [5.74, 6) is 1.81. The van der Waals surface area contributed by atoms with Crippen molar-refractivity contribution in [1.82, 2.24) is 20.0 Å². The smallest absolute Gasteiger partial charge is 0.243 e. The van der Waals surface area contributed by atoms with Crippen LogP contribution >= 0.6 is 24.0 Å². The highest BCUT2D eigenvalue weighted by molar-refractivity contribution is 14.0. The second-order valence-corrected chi connectivity index (χ2v) is 8.52. The molecule has 2 heterocycles. The summed E-state index contributed by atoms with van der Waals surface area (Å²) in [5.41, 5.74) is 0. The normalized spacial score (nSPS) is 29.6. The van der Waals surface area contributed by atoms with Gasteiger partial charge in [-0.05, 0) is 57.4 Å². The molecule has 2 atom stereocenters. The maximum atomic E-state index is 12.0. The predicted molar refractivity (Wildman–Crippen MR) is 115 cm³/mol. The molecule has 4 fully saturated rings. The number of amides is 1. The molecule has 2 aliphatic heterocycles. The number of likely N-dealkylation sites (N-methyl/N-ethyl adjacent to an activating group) is 1. The zero-order valence-corrected chi connectivity index (χ0v) is 18.5. The monoisotopic (exact) mass is 475 g/mol. The largest absolute Gasteiger partial charge is 0.353 e. The Kier molecular flexibility index (Phi) is 6.69. The van der Waals surface area contributed by atoms with Crippen molar-refractivity contribution in [3.05, 3.63) is 0 Å². The number of likely N-dealkylation sites (tertiary alicyclic amines) is 2. The highest BCUT2D eigenvalue weighted by Crippen LogP contribution is 2.38. The topological polar surface area (TPSA) is 51.2 Å². The highest BCUT2D eigenvalue weighted by Gasteiger charge is 2.42. The molecule has 148 valence electrons. The Bertz CT molecular complexity index is 532. The fraction of sp³-hybridized carbons (Fsp3) is 0.895. The van der Waals surface area contributed by atoms with Crippen molar-refractivity contribution in [2.24, 2.45) is 10.9 Å². The van der Waals surface area contributed by atoms with Gasteiger partial charge in [0.2, 0.25) is 5.91 Å². The van der Waals surface area contributed by atoms with Crippen LogP contribution in [0.3, 0.4) is 0 Å². The van der Waals surface area contributed by atoms with E-state index < -0.39 is 0 Å². The van der Waals surface area contributed by atoms with Crippen LogP contribution in [0.25, 0.3) is 0 Å². The fourth-order valence-corrected chi connectivity index (χ4v) is 4.43. The van der Waals surface area contributed by atoms with Gasteiger partial charge in [-0.15, -0.1) is 24.0 Å². The standard InChI is InChI=1S/C19H33N5O.HI/c1-22(2)18(25)12-20-19(21-15-5-6-15)23-11-9-17-14(13-23)4-3-10-24(17)16-7-8-16;/h14-17H,3-13H2,1-2H3,(H,20,21);1H. The Labute approximate surface area is 174 Å². The minimum absolute atomic E-state index is 0. The van der Waals surface area contributed by atoms with Crippen LogP contribution < -0.4 is 5.32 Å². The number of rotatable bonds is 4. The molecule has 2 unspecified atom stereocenters. The first kappa shape index (κ1) is 20.2. The lowest BCUT2D eigenvalue weighted by Gasteiger charge is -2.48. The summed E-state index contributed by atoms with van der Waals surface area (Å²) in [6.45, 7) is 3.73. The number of hydrogen-bond donors (Lipinski definition) is 1. The zero-order valence-electron chi connectivity index (χ0n) is 16.2. The van der Waals surface area contributed by atoms with Gasteiger partial charge in [0.15, 0.2) is 5.96 Å². The van der Waals surface area contributed by atoms with E-state index in [2.05, 4.69) is 20.1 Å². The Morgan fingerprint density at radius 2 is 1.88 bits per heavy atom. The van der Waals surface area contributed by atoms with Crippen molar-refractivity contribution in [1.29, 1.82) is 0 Å². The molecule has 2 aliphatic carbocycles. The van der Waals surface area contributed by atoms with Gasteiger partial charge in [0.05, 0.1) is 0 Å². The van der Waals surface area contributed by atoms with E-state index in [0.717, 1.165) is 37.1 Å². The molecular weight excluding hydrogens is 441 g/mol. The van der Waals surface area contributed by atoms with E-state index in [1.807, 2.05) is 0 Å². The van der Waals surface area contributed by atoms with Crippen molar-refractivity contribution < 1.29 is 4.79 Å². The van der Waals surface area contributed by atoms with E-state index in [0.29, 0.717) is 6.04 Å². The summed E-state index contributed by atoms with van der Waals surface area (Å²) in [6.07, 6.45) is 9.22. The molecule has 0 aromatic carbocycles. The third-order valence-corrected chi connectivity index (χ3v) is 6.20. The van der Waals surface area contributed by atoms with E-state index in [4.69, 9.17) is 0 Å². The molecule has 2 saturated carbocycles. The lowest BCUT2D eigenvalue weighted by atomic mass is 9.83. The van der Waals surface area contributed by atoms with Gasteiger partial charge in [0, 0.05) is 45.3 Å². The van der Waals surface area contributed by atoms with Crippen LogP contribution in [-0.2, 0) is 4.79 Å². The second-order valence-electron chi connectivity index (χ2n) is 8.52. The lowest BCUT2D eigenvalue weighted by Crippen LogP contribution is -2.57. The highest BCUT2D eigenvalue weighted by atomic mass is 127. The Morgan fingerprint density at radius 3 is 2.54 bits per heavy atom. The number of hydrogen-bond acceptors (Lipinski definition) is 3. The molecule has 4 aliphatic rings. The molecule has 0 spiro atoms. The molecule has 0 radical (unpaired) electrons. The number of nitrogens with zero attached hydrogens (tertiary/aromatic N) is 4. The summed E-state index contributed by atoms with van der Waals surface area (Å²) in [7, 11) is 3.59. The summed E-state index contributed by atoms with van der Waals surface area (Å²) in [4.78, 5) is 23.5. The molecule has 1 N–H and O–H groups in total. The van der Waals surface area contributed by atoms with E-state index in [1.165, 1.54) is 51.5 Å². The van der Waals surface area contributed by atoms with Gasteiger partial charge in [0.25, 0.3) is 0 Å². The molecule has 0 bridgehead atoms. The summed E-state index contributed by atoms with van der Waals surface area (Å²) >= 11 is 0. The first-order valence-corrected chi connectivity index (χ1v) is 10.1. The second kappa shape index (κ2) is 8.63. The number of halogens is 1. The van der Waals surface area contributed by atoms with Crippen molar-refractivity contribution in [3.63, 3.8) is 0 Å². The number of carbonyl (C=O) groups is 1. The minimum Gasteiger partial charge on any atom is -0.353 e. The van der Waals surface area contributed by atoms with E-state index in [9.17, 15) is 4.79 Å². The van der Waals surface area contributed by atoms with Gasteiger partial charge in [0.1, 0.15) is 6.54 Å².